The molecule has 1 fully saturated rings. The summed E-state index contributed by atoms with van der Waals surface area (Å²) in [7, 11) is 0. The van der Waals surface area contributed by atoms with Crippen LogP contribution in [0.5, 0.6) is 0 Å². The standard InChI is InChI=1S/C12H11Cl2NO/c13-7-3-9(14)8-5-11(16-10(8)4-7)12(15)6-1-2-6/h3-6,12H,1-2,15H2. The van der Waals surface area contributed by atoms with Crippen LogP contribution in [0.25, 0.3) is 11.0 Å². The van der Waals surface area contributed by atoms with Crippen molar-refractivity contribution in [3.05, 3.63) is 34.0 Å². The van der Waals surface area contributed by atoms with Crippen molar-refractivity contribution < 1.29 is 4.42 Å². The van der Waals surface area contributed by atoms with Crippen LogP contribution in [0.3, 0.4) is 0 Å². The number of nitrogens with two attached hydrogens (primary N) is 1. The average Bonchev–Trinajstić information content (AvgIpc) is 2.97. The Labute approximate surface area is 103 Å². The van der Waals surface area contributed by atoms with Crippen molar-refractivity contribution in [1.82, 2.24) is 0 Å². The highest BCUT2D eigenvalue weighted by Gasteiger charge is 2.31. The van der Waals surface area contributed by atoms with Crippen molar-refractivity contribution in [2.24, 2.45) is 11.7 Å². The van der Waals surface area contributed by atoms with Gasteiger partial charge in [0.1, 0.15) is 11.3 Å². The highest BCUT2D eigenvalue weighted by Crippen LogP contribution is 2.41. The molecule has 1 saturated carbocycles. The van der Waals surface area contributed by atoms with Crippen LogP contribution in [0.2, 0.25) is 10.0 Å². The van der Waals surface area contributed by atoms with Gasteiger partial charge in [-0.05, 0) is 30.9 Å². The third kappa shape index (κ3) is 1.71. The Bertz CT molecular complexity index is 545. The fourth-order valence-electron chi connectivity index (χ4n) is 1.94. The van der Waals surface area contributed by atoms with Gasteiger partial charge in [0, 0.05) is 16.5 Å². The van der Waals surface area contributed by atoms with E-state index >= 15 is 0 Å². The third-order valence-corrected chi connectivity index (χ3v) is 3.56. The zero-order valence-corrected chi connectivity index (χ0v) is 10.1. The van der Waals surface area contributed by atoms with Crippen molar-refractivity contribution in [3.63, 3.8) is 0 Å². The van der Waals surface area contributed by atoms with Gasteiger partial charge < -0.3 is 10.2 Å². The Morgan fingerprint density at radius 2 is 2.00 bits per heavy atom. The summed E-state index contributed by atoms with van der Waals surface area (Å²) in [6.45, 7) is 0. The third-order valence-electron chi connectivity index (χ3n) is 3.03. The maximum atomic E-state index is 6.09. The van der Waals surface area contributed by atoms with Gasteiger partial charge >= 0.3 is 0 Å². The average molecular weight is 256 g/mol. The lowest BCUT2D eigenvalue weighted by Gasteiger charge is -2.04. The summed E-state index contributed by atoms with van der Waals surface area (Å²) in [5.74, 6) is 1.37. The van der Waals surface area contributed by atoms with Crippen LogP contribution in [0.15, 0.2) is 22.6 Å². The molecule has 1 aliphatic rings. The Morgan fingerprint density at radius 1 is 1.25 bits per heavy atom. The first-order chi connectivity index (χ1) is 7.65. The Morgan fingerprint density at radius 3 is 2.69 bits per heavy atom. The molecule has 1 aromatic heterocycles. The highest BCUT2D eigenvalue weighted by atomic mass is 35.5. The second kappa shape index (κ2) is 3.66. The second-order valence-electron chi connectivity index (χ2n) is 4.31. The minimum Gasteiger partial charge on any atom is -0.459 e. The smallest absolute Gasteiger partial charge is 0.137 e. The molecule has 1 atom stereocenters. The Balaban J connectivity index is 2.11. The molecule has 0 radical (unpaired) electrons. The van der Waals surface area contributed by atoms with Gasteiger partial charge in [-0.15, -0.1) is 0 Å². The highest BCUT2D eigenvalue weighted by molar-refractivity contribution is 6.38. The Kier molecular flexibility index (Phi) is 2.39. The molecule has 16 heavy (non-hydrogen) atoms. The number of benzene rings is 1. The normalized spacial score (nSPS) is 17.9. The minimum atomic E-state index is -0.0118. The van der Waals surface area contributed by atoms with Crippen LogP contribution >= 0.6 is 23.2 Å². The predicted octanol–water partition coefficient (Wildman–Crippen LogP) is 4.15. The number of hydrogen-bond donors (Lipinski definition) is 1. The molecular formula is C12H11Cl2NO. The first kappa shape index (κ1) is 10.5. The molecule has 2 N–H and O–H groups in total. The van der Waals surface area contributed by atoms with Gasteiger partial charge in [-0.2, -0.15) is 0 Å². The molecule has 3 rings (SSSR count). The second-order valence-corrected chi connectivity index (χ2v) is 5.16. The first-order valence-corrected chi connectivity index (χ1v) is 6.05. The number of rotatable bonds is 2. The summed E-state index contributed by atoms with van der Waals surface area (Å²) >= 11 is 12.0. The zero-order chi connectivity index (χ0) is 11.3. The van der Waals surface area contributed by atoms with E-state index in [-0.39, 0.29) is 6.04 Å². The number of furan rings is 1. The van der Waals surface area contributed by atoms with Gasteiger partial charge in [0.15, 0.2) is 0 Å². The maximum Gasteiger partial charge on any atom is 0.137 e. The van der Waals surface area contributed by atoms with E-state index in [0.717, 1.165) is 11.1 Å². The van der Waals surface area contributed by atoms with Crippen LogP contribution in [-0.4, -0.2) is 0 Å². The molecular weight excluding hydrogens is 245 g/mol. The molecule has 0 amide bonds. The predicted molar refractivity (Wildman–Crippen MR) is 65.9 cm³/mol. The molecule has 0 saturated heterocycles. The lowest BCUT2D eigenvalue weighted by molar-refractivity contribution is 0.467. The quantitative estimate of drug-likeness (QED) is 0.876. The van der Waals surface area contributed by atoms with E-state index < -0.39 is 0 Å². The number of halogens is 2. The molecule has 4 heteroatoms. The summed E-state index contributed by atoms with van der Waals surface area (Å²) in [5, 5.41) is 2.08. The van der Waals surface area contributed by atoms with Gasteiger partial charge in [0.2, 0.25) is 0 Å². The van der Waals surface area contributed by atoms with Crippen LogP contribution in [0.4, 0.5) is 0 Å². The van der Waals surface area contributed by atoms with Crippen molar-refractivity contribution >= 4 is 34.2 Å². The molecule has 2 nitrogen and oxygen atoms in total. The maximum absolute atomic E-state index is 6.09. The van der Waals surface area contributed by atoms with Crippen LogP contribution in [0.1, 0.15) is 24.6 Å². The van der Waals surface area contributed by atoms with E-state index in [1.165, 1.54) is 12.8 Å². The monoisotopic (exact) mass is 255 g/mol. The summed E-state index contributed by atoms with van der Waals surface area (Å²) in [5.41, 5.74) is 6.79. The van der Waals surface area contributed by atoms with Gasteiger partial charge in [-0.1, -0.05) is 23.2 Å². The van der Waals surface area contributed by atoms with Gasteiger partial charge in [0.05, 0.1) is 11.1 Å². The van der Waals surface area contributed by atoms with E-state index in [1.807, 2.05) is 6.07 Å². The molecule has 0 bridgehead atoms. The fraction of sp³-hybridized carbons (Fsp3) is 0.333. The zero-order valence-electron chi connectivity index (χ0n) is 8.54. The SMILES string of the molecule is NC(c1cc2c(Cl)cc(Cl)cc2o1)C1CC1. The molecule has 1 heterocycles. The summed E-state index contributed by atoms with van der Waals surface area (Å²) in [4.78, 5) is 0. The van der Waals surface area contributed by atoms with Crippen molar-refractivity contribution in [2.45, 2.75) is 18.9 Å². The molecule has 1 unspecified atom stereocenters. The summed E-state index contributed by atoms with van der Waals surface area (Å²) in [6.07, 6.45) is 2.37. The molecule has 0 aliphatic heterocycles. The number of hydrogen-bond acceptors (Lipinski definition) is 2. The molecule has 1 aliphatic carbocycles. The Hall–Kier alpha value is -0.700. The molecule has 84 valence electrons. The lowest BCUT2D eigenvalue weighted by atomic mass is 10.1. The van der Waals surface area contributed by atoms with E-state index in [9.17, 15) is 0 Å². The largest absolute Gasteiger partial charge is 0.459 e. The molecule has 0 spiro atoms. The van der Waals surface area contributed by atoms with Gasteiger partial charge in [0.25, 0.3) is 0 Å². The fourth-order valence-corrected chi connectivity index (χ4v) is 2.47. The van der Waals surface area contributed by atoms with Crippen molar-refractivity contribution in [1.29, 1.82) is 0 Å². The van der Waals surface area contributed by atoms with Crippen LogP contribution in [-0.2, 0) is 0 Å². The summed E-state index contributed by atoms with van der Waals surface area (Å²) < 4.78 is 5.70. The first-order valence-electron chi connectivity index (χ1n) is 5.29. The van der Waals surface area contributed by atoms with Gasteiger partial charge in [-0.25, -0.2) is 0 Å². The van der Waals surface area contributed by atoms with E-state index in [2.05, 4.69) is 0 Å². The molecule has 2 aromatic rings. The van der Waals surface area contributed by atoms with E-state index in [4.69, 9.17) is 33.4 Å². The van der Waals surface area contributed by atoms with Crippen molar-refractivity contribution in [2.75, 3.05) is 0 Å². The van der Waals surface area contributed by atoms with Gasteiger partial charge in [-0.3, -0.25) is 0 Å². The topological polar surface area (TPSA) is 39.2 Å². The van der Waals surface area contributed by atoms with E-state index in [1.54, 1.807) is 12.1 Å². The lowest BCUT2D eigenvalue weighted by Crippen LogP contribution is -2.10. The number of fused-ring (bicyclic) bond motifs is 1. The summed E-state index contributed by atoms with van der Waals surface area (Å²) in [6, 6.07) is 5.40. The van der Waals surface area contributed by atoms with Crippen LogP contribution in [0, 0.1) is 5.92 Å². The van der Waals surface area contributed by atoms with E-state index in [0.29, 0.717) is 21.5 Å². The van der Waals surface area contributed by atoms with Crippen molar-refractivity contribution in [3.8, 4) is 0 Å². The molecule has 1 aromatic carbocycles. The minimum absolute atomic E-state index is 0.0118. The van der Waals surface area contributed by atoms with Crippen LogP contribution < -0.4 is 5.73 Å².